The number of nitrogens with two attached hydrogens (primary N) is 1. The number of methoxy groups -OCH3 is 2. The number of pyridine rings is 1. The predicted molar refractivity (Wildman–Crippen MR) is 84.0 cm³/mol. The lowest BCUT2D eigenvalue weighted by Crippen LogP contribution is -2.12. The summed E-state index contributed by atoms with van der Waals surface area (Å²) in [6.45, 7) is 0.222. The SMILES string of the molecule is COc1ccnc(COc2ccccc2C(N)=S)c1OC. The van der Waals surface area contributed by atoms with Crippen LogP contribution in [0.1, 0.15) is 11.3 Å². The Labute approximate surface area is 128 Å². The van der Waals surface area contributed by atoms with Gasteiger partial charge in [0.15, 0.2) is 11.5 Å². The molecule has 1 aromatic carbocycles. The van der Waals surface area contributed by atoms with Crippen LogP contribution < -0.4 is 19.9 Å². The van der Waals surface area contributed by atoms with Crippen LogP contribution in [0.25, 0.3) is 0 Å². The minimum atomic E-state index is 0.222. The molecule has 0 aliphatic rings. The van der Waals surface area contributed by atoms with Gasteiger partial charge in [-0.05, 0) is 12.1 Å². The molecule has 6 heteroatoms. The van der Waals surface area contributed by atoms with Crippen LogP contribution in [-0.4, -0.2) is 24.2 Å². The first-order valence-electron chi connectivity index (χ1n) is 6.25. The molecule has 2 N–H and O–H groups in total. The molecule has 21 heavy (non-hydrogen) atoms. The maximum absolute atomic E-state index is 5.76. The summed E-state index contributed by atoms with van der Waals surface area (Å²) in [6.07, 6.45) is 1.64. The molecule has 2 aromatic rings. The second-order valence-corrected chi connectivity index (χ2v) is 4.58. The summed E-state index contributed by atoms with van der Waals surface area (Å²) in [7, 11) is 3.14. The Balaban J connectivity index is 2.23. The van der Waals surface area contributed by atoms with Crippen LogP contribution in [-0.2, 0) is 6.61 Å². The predicted octanol–water partition coefficient (Wildman–Crippen LogP) is 2.31. The minimum Gasteiger partial charge on any atom is -0.493 e. The van der Waals surface area contributed by atoms with E-state index >= 15 is 0 Å². The number of hydrogen-bond acceptors (Lipinski definition) is 5. The zero-order chi connectivity index (χ0) is 15.2. The van der Waals surface area contributed by atoms with E-state index < -0.39 is 0 Å². The average Bonchev–Trinajstić information content (AvgIpc) is 2.52. The lowest BCUT2D eigenvalue weighted by Gasteiger charge is -2.13. The molecule has 1 heterocycles. The first-order valence-corrected chi connectivity index (χ1v) is 6.65. The van der Waals surface area contributed by atoms with Crippen LogP contribution in [0.15, 0.2) is 36.5 Å². The summed E-state index contributed by atoms with van der Waals surface area (Å²) >= 11 is 5.01. The Morgan fingerprint density at radius 3 is 2.57 bits per heavy atom. The molecule has 0 unspecified atom stereocenters. The Kier molecular flexibility index (Phi) is 4.94. The highest BCUT2D eigenvalue weighted by Crippen LogP contribution is 2.30. The van der Waals surface area contributed by atoms with E-state index in [1.807, 2.05) is 18.2 Å². The Bertz CT molecular complexity index is 647. The minimum absolute atomic E-state index is 0.222. The van der Waals surface area contributed by atoms with Crippen molar-refractivity contribution in [2.45, 2.75) is 6.61 Å². The molecule has 0 radical (unpaired) electrons. The second kappa shape index (κ2) is 6.90. The van der Waals surface area contributed by atoms with E-state index in [0.717, 1.165) is 0 Å². The van der Waals surface area contributed by atoms with Gasteiger partial charge in [0.1, 0.15) is 23.0 Å². The number of aromatic nitrogens is 1. The summed E-state index contributed by atoms with van der Waals surface area (Å²) in [4.78, 5) is 4.54. The van der Waals surface area contributed by atoms with E-state index in [4.69, 9.17) is 32.2 Å². The first-order chi connectivity index (χ1) is 10.2. The van der Waals surface area contributed by atoms with Crippen LogP contribution in [0.4, 0.5) is 0 Å². The Morgan fingerprint density at radius 2 is 1.90 bits per heavy atom. The van der Waals surface area contributed by atoms with E-state index in [2.05, 4.69) is 4.98 Å². The van der Waals surface area contributed by atoms with Gasteiger partial charge in [-0.2, -0.15) is 0 Å². The molecule has 0 saturated heterocycles. The van der Waals surface area contributed by atoms with Crippen molar-refractivity contribution in [1.29, 1.82) is 0 Å². The molecule has 5 nitrogen and oxygen atoms in total. The molecular weight excluding hydrogens is 288 g/mol. The average molecular weight is 304 g/mol. The van der Waals surface area contributed by atoms with Crippen LogP contribution >= 0.6 is 12.2 Å². The summed E-state index contributed by atoms with van der Waals surface area (Å²) < 4.78 is 16.3. The number of benzene rings is 1. The van der Waals surface area contributed by atoms with Gasteiger partial charge in [-0.25, -0.2) is 0 Å². The molecular formula is C15H16N2O3S. The van der Waals surface area contributed by atoms with Gasteiger partial charge in [0.2, 0.25) is 0 Å². The lowest BCUT2D eigenvalue weighted by atomic mass is 10.2. The Morgan fingerprint density at radius 1 is 1.14 bits per heavy atom. The van der Waals surface area contributed by atoms with Gasteiger partial charge in [0, 0.05) is 12.3 Å². The molecule has 0 aliphatic heterocycles. The van der Waals surface area contributed by atoms with Gasteiger partial charge in [0.25, 0.3) is 0 Å². The molecule has 0 saturated carbocycles. The summed E-state index contributed by atoms with van der Waals surface area (Å²) in [5.41, 5.74) is 7.00. The molecule has 1 aromatic heterocycles. The summed E-state index contributed by atoms with van der Waals surface area (Å²) in [5.74, 6) is 1.76. The van der Waals surface area contributed by atoms with E-state index in [1.165, 1.54) is 0 Å². The van der Waals surface area contributed by atoms with E-state index in [9.17, 15) is 0 Å². The van der Waals surface area contributed by atoms with Crippen molar-refractivity contribution in [3.05, 3.63) is 47.8 Å². The number of nitrogens with zero attached hydrogens (tertiary/aromatic N) is 1. The van der Waals surface area contributed by atoms with Crippen LogP contribution in [0, 0.1) is 0 Å². The van der Waals surface area contributed by atoms with Crippen molar-refractivity contribution >= 4 is 17.2 Å². The normalized spacial score (nSPS) is 10.0. The quantitative estimate of drug-likeness (QED) is 0.826. The summed E-state index contributed by atoms with van der Waals surface area (Å²) in [5, 5.41) is 0. The third-order valence-electron chi connectivity index (χ3n) is 2.88. The van der Waals surface area contributed by atoms with Gasteiger partial charge < -0.3 is 19.9 Å². The number of ether oxygens (including phenoxy) is 3. The molecule has 0 amide bonds. The van der Waals surface area contributed by atoms with Gasteiger partial charge in [-0.15, -0.1) is 0 Å². The van der Waals surface area contributed by atoms with Crippen molar-refractivity contribution in [2.75, 3.05) is 14.2 Å². The molecule has 0 spiro atoms. The van der Waals surface area contributed by atoms with Gasteiger partial charge >= 0.3 is 0 Å². The fourth-order valence-electron chi connectivity index (χ4n) is 1.90. The molecule has 0 bridgehead atoms. The monoisotopic (exact) mass is 304 g/mol. The highest BCUT2D eigenvalue weighted by atomic mass is 32.1. The van der Waals surface area contributed by atoms with Gasteiger partial charge in [-0.1, -0.05) is 24.4 Å². The molecule has 0 atom stereocenters. The number of thiocarbonyl (C=S) groups is 1. The standard InChI is InChI=1S/C15H16N2O3S/c1-18-13-7-8-17-11(14(13)19-2)9-20-12-6-4-3-5-10(12)15(16)21/h3-8H,9H2,1-2H3,(H2,16,21). The second-order valence-electron chi connectivity index (χ2n) is 4.14. The number of rotatable bonds is 6. The fourth-order valence-corrected chi connectivity index (χ4v) is 2.06. The number of hydrogen-bond donors (Lipinski definition) is 1. The van der Waals surface area contributed by atoms with Crippen molar-refractivity contribution < 1.29 is 14.2 Å². The van der Waals surface area contributed by atoms with Crippen molar-refractivity contribution in [3.63, 3.8) is 0 Å². The first kappa shape index (κ1) is 15.1. The zero-order valence-electron chi connectivity index (χ0n) is 11.8. The Hall–Kier alpha value is -2.34. The van der Waals surface area contributed by atoms with Crippen molar-refractivity contribution in [1.82, 2.24) is 4.98 Å². The molecule has 0 aliphatic carbocycles. The highest BCUT2D eigenvalue weighted by molar-refractivity contribution is 7.80. The third-order valence-corrected chi connectivity index (χ3v) is 3.10. The summed E-state index contributed by atoms with van der Waals surface area (Å²) in [6, 6.07) is 9.05. The largest absolute Gasteiger partial charge is 0.493 e. The maximum atomic E-state index is 5.76. The van der Waals surface area contributed by atoms with Gasteiger partial charge in [0.05, 0.1) is 19.8 Å². The molecule has 110 valence electrons. The van der Waals surface area contributed by atoms with Crippen LogP contribution in [0.3, 0.4) is 0 Å². The molecule has 2 rings (SSSR count). The lowest BCUT2D eigenvalue weighted by molar-refractivity contribution is 0.284. The van der Waals surface area contributed by atoms with Crippen LogP contribution in [0.5, 0.6) is 17.2 Å². The van der Waals surface area contributed by atoms with Gasteiger partial charge in [-0.3, -0.25) is 4.98 Å². The maximum Gasteiger partial charge on any atom is 0.185 e. The number of para-hydroxylation sites is 1. The highest BCUT2D eigenvalue weighted by Gasteiger charge is 2.13. The zero-order valence-corrected chi connectivity index (χ0v) is 12.6. The fraction of sp³-hybridized carbons (Fsp3) is 0.200. The topological polar surface area (TPSA) is 66.6 Å². The van der Waals surface area contributed by atoms with Crippen LogP contribution in [0.2, 0.25) is 0 Å². The smallest absolute Gasteiger partial charge is 0.185 e. The van der Waals surface area contributed by atoms with E-state index in [1.54, 1.807) is 32.5 Å². The van der Waals surface area contributed by atoms with E-state index in [-0.39, 0.29) is 11.6 Å². The van der Waals surface area contributed by atoms with Crippen molar-refractivity contribution in [2.24, 2.45) is 5.73 Å². The van der Waals surface area contributed by atoms with E-state index in [0.29, 0.717) is 28.5 Å². The third kappa shape index (κ3) is 3.41. The van der Waals surface area contributed by atoms with Crippen molar-refractivity contribution in [3.8, 4) is 17.2 Å². The molecule has 0 fully saturated rings.